The molecule has 0 bridgehead atoms. The summed E-state index contributed by atoms with van der Waals surface area (Å²) in [7, 11) is 0. The molecule has 28 heavy (non-hydrogen) atoms. The Hall–Kier alpha value is -1.16. The van der Waals surface area contributed by atoms with Gasteiger partial charge in [0.1, 0.15) is 16.1 Å². The largest absolute Gasteiger partial charge is 0.507 e. The summed E-state index contributed by atoms with van der Waals surface area (Å²) < 4.78 is 1.65. The van der Waals surface area contributed by atoms with Gasteiger partial charge in [0.2, 0.25) is 0 Å². The highest BCUT2D eigenvalue weighted by Crippen LogP contribution is 2.42. The molecule has 3 nitrogen and oxygen atoms in total. The van der Waals surface area contributed by atoms with Gasteiger partial charge in [0.15, 0.2) is 5.78 Å². The van der Waals surface area contributed by atoms with E-state index in [0.29, 0.717) is 23.2 Å². The second-order valence-corrected chi connectivity index (χ2v) is 10.3. The molecule has 2 rings (SSSR count). The minimum atomic E-state index is -0.347. The molecule has 0 saturated heterocycles. The van der Waals surface area contributed by atoms with E-state index in [1.165, 1.54) is 0 Å². The van der Waals surface area contributed by atoms with Crippen molar-refractivity contribution in [1.82, 2.24) is 4.57 Å². The van der Waals surface area contributed by atoms with E-state index in [4.69, 9.17) is 34.8 Å². The monoisotopic (exact) mass is 443 g/mol. The predicted octanol–water partition coefficient (Wildman–Crippen LogP) is 7.39. The van der Waals surface area contributed by atoms with Gasteiger partial charge in [-0.3, -0.25) is 4.79 Å². The fraction of sp³-hybridized carbons (Fsp3) is 0.500. The molecular formula is C22H28Cl3NO2. The van der Waals surface area contributed by atoms with Crippen molar-refractivity contribution < 1.29 is 9.90 Å². The van der Waals surface area contributed by atoms with E-state index in [-0.39, 0.29) is 43.3 Å². The highest BCUT2D eigenvalue weighted by Gasteiger charge is 2.30. The second-order valence-electron chi connectivity index (χ2n) is 9.17. The van der Waals surface area contributed by atoms with Gasteiger partial charge in [0.05, 0.1) is 10.6 Å². The fourth-order valence-electron chi connectivity index (χ4n) is 3.20. The van der Waals surface area contributed by atoms with E-state index in [9.17, 15) is 9.90 Å². The minimum Gasteiger partial charge on any atom is -0.507 e. The maximum atomic E-state index is 13.4. The highest BCUT2D eigenvalue weighted by atomic mass is 35.5. The first-order chi connectivity index (χ1) is 12.7. The lowest BCUT2D eigenvalue weighted by Crippen LogP contribution is -2.19. The van der Waals surface area contributed by atoms with Crippen molar-refractivity contribution in [1.29, 1.82) is 0 Å². The van der Waals surface area contributed by atoms with Crippen molar-refractivity contribution in [3.63, 3.8) is 0 Å². The van der Waals surface area contributed by atoms with Gasteiger partial charge in [0.25, 0.3) is 0 Å². The summed E-state index contributed by atoms with van der Waals surface area (Å²) in [6.07, 6.45) is 0.805. The molecule has 6 heteroatoms. The second kappa shape index (κ2) is 7.93. The number of phenolic OH excluding ortho intramolecular Hbond substituents is 1. The van der Waals surface area contributed by atoms with Crippen molar-refractivity contribution in [3.05, 3.63) is 49.7 Å². The SMILES string of the molecule is CCCn1c(Cl)c(Cl)c(C(=O)c2cc(C(C)(C)C)c(O)c(C(C)(C)C)c2)c1Cl. The first-order valence-electron chi connectivity index (χ1n) is 9.37. The van der Waals surface area contributed by atoms with Gasteiger partial charge in [-0.05, 0) is 29.4 Å². The number of aromatic nitrogens is 1. The summed E-state index contributed by atoms with van der Waals surface area (Å²) >= 11 is 19.2. The molecule has 0 atom stereocenters. The van der Waals surface area contributed by atoms with Crippen LogP contribution in [0.1, 0.15) is 81.9 Å². The van der Waals surface area contributed by atoms with Gasteiger partial charge in [-0.25, -0.2) is 0 Å². The van der Waals surface area contributed by atoms with Crippen LogP contribution >= 0.6 is 34.8 Å². The van der Waals surface area contributed by atoms with Crippen molar-refractivity contribution in [2.75, 3.05) is 0 Å². The summed E-state index contributed by atoms with van der Waals surface area (Å²) in [5.74, 6) is -0.0851. The summed E-state index contributed by atoms with van der Waals surface area (Å²) in [6, 6.07) is 3.45. The zero-order chi connectivity index (χ0) is 21.6. The smallest absolute Gasteiger partial charge is 0.197 e. The Kier molecular flexibility index (Phi) is 6.55. The molecule has 0 aliphatic carbocycles. The molecule has 0 radical (unpaired) electrons. The summed E-state index contributed by atoms with van der Waals surface area (Å²) in [6.45, 7) is 14.5. The van der Waals surface area contributed by atoms with E-state index in [1.807, 2.05) is 48.5 Å². The first-order valence-corrected chi connectivity index (χ1v) is 10.5. The Bertz CT molecular complexity index is 880. The van der Waals surface area contributed by atoms with Crippen molar-refractivity contribution >= 4 is 40.6 Å². The molecule has 1 heterocycles. The Morgan fingerprint density at radius 3 is 1.82 bits per heavy atom. The molecular weight excluding hydrogens is 417 g/mol. The number of hydrogen-bond acceptors (Lipinski definition) is 2. The van der Waals surface area contributed by atoms with Crippen LogP contribution < -0.4 is 0 Å². The van der Waals surface area contributed by atoms with Crippen LogP contribution in [0.3, 0.4) is 0 Å². The lowest BCUT2D eigenvalue weighted by molar-refractivity contribution is 0.103. The molecule has 0 unspecified atom stereocenters. The third-order valence-electron chi connectivity index (χ3n) is 4.74. The Labute approximate surface area is 182 Å². The van der Waals surface area contributed by atoms with E-state index in [0.717, 1.165) is 6.42 Å². The van der Waals surface area contributed by atoms with E-state index >= 15 is 0 Å². The summed E-state index contributed by atoms with van der Waals surface area (Å²) in [5.41, 5.74) is 1.35. The summed E-state index contributed by atoms with van der Waals surface area (Å²) in [4.78, 5) is 13.4. The van der Waals surface area contributed by atoms with Crippen LogP contribution in [0, 0.1) is 0 Å². The molecule has 0 fully saturated rings. The number of benzene rings is 1. The van der Waals surface area contributed by atoms with E-state index in [2.05, 4.69) is 0 Å². The molecule has 0 amide bonds. The van der Waals surface area contributed by atoms with Crippen LogP contribution in [0.25, 0.3) is 0 Å². The Morgan fingerprint density at radius 2 is 1.43 bits per heavy atom. The van der Waals surface area contributed by atoms with Gasteiger partial charge in [-0.2, -0.15) is 0 Å². The van der Waals surface area contributed by atoms with Crippen LogP contribution in [0.15, 0.2) is 12.1 Å². The zero-order valence-corrected chi connectivity index (χ0v) is 19.8. The Balaban J connectivity index is 2.76. The Morgan fingerprint density at radius 1 is 0.964 bits per heavy atom. The van der Waals surface area contributed by atoms with Crippen molar-refractivity contribution in [2.24, 2.45) is 0 Å². The quantitative estimate of drug-likeness (QED) is 0.499. The molecule has 1 aromatic heterocycles. The predicted molar refractivity (Wildman–Crippen MR) is 119 cm³/mol. The van der Waals surface area contributed by atoms with Gasteiger partial charge in [-0.15, -0.1) is 0 Å². The maximum absolute atomic E-state index is 13.4. The van der Waals surface area contributed by atoms with Gasteiger partial charge >= 0.3 is 0 Å². The number of halogens is 3. The lowest BCUT2D eigenvalue weighted by Gasteiger charge is -2.28. The standard InChI is InChI=1S/C22H28Cl3NO2/c1-8-9-26-19(24)15(16(23)20(26)25)17(27)12-10-13(21(2,3)4)18(28)14(11-12)22(5,6)7/h10-11,28H,8-9H2,1-7H3. The van der Waals surface area contributed by atoms with Crippen LogP contribution in [0.5, 0.6) is 5.75 Å². The molecule has 1 N–H and O–H groups in total. The minimum absolute atomic E-state index is 0.160. The van der Waals surface area contributed by atoms with E-state index < -0.39 is 0 Å². The topological polar surface area (TPSA) is 42.2 Å². The number of phenols is 1. The molecule has 2 aromatic rings. The summed E-state index contributed by atoms with van der Waals surface area (Å²) in [5, 5.41) is 11.5. The molecule has 1 aromatic carbocycles. The van der Waals surface area contributed by atoms with Gasteiger partial charge in [0, 0.05) is 23.2 Å². The third-order valence-corrected chi connectivity index (χ3v) is 5.99. The van der Waals surface area contributed by atoms with Gasteiger partial charge in [-0.1, -0.05) is 83.3 Å². The lowest BCUT2D eigenvalue weighted by atomic mass is 9.78. The first kappa shape index (κ1) is 23.1. The van der Waals surface area contributed by atoms with Crippen LogP contribution in [0.2, 0.25) is 15.3 Å². The molecule has 0 aliphatic heterocycles. The molecule has 0 aliphatic rings. The van der Waals surface area contributed by atoms with Crippen molar-refractivity contribution in [3.8, 4) is 5.75 Å². The van der Waals surface area contributed by atoms with E-state index in [1.54, 1.807) is 16.7 Å². The fourth-order valence-corrected chi connectivity index (χ4v) is 4.18. The molecule has 0 spiro atoms. The number of hydrogen-bond donors (Lipinski definition) is 1. The van der Waals surface area contributed by atoms with Gasteiger partial charge < -0.3 is 9.67 Å². The van der Waals surface area contributed by atoms with Crippen molar-refractivity contribution in [2.45, 2.75) is 72.3 Å². The maximum Gasteiger partial charge on any atom is 0.197 e. The molecule has 154 valence electrons. The number of carbonyl (C=O) groups excluding carboxylic acids is 1. The normalized spacial score (nSPS) is 12.5. The van der Waals surface area contributed by atoms with Crippen LogP contribution in [-0.4, -0.2) is 15.5 Å². The average molecular weight is 445 g/mol. The van der Waals surface area contributed by atoms with Crippen LogP contribution in [0.4, 0.5) is 0 Å². The number of rotatable bonds is 4. The number of aromatic hydroxyl groups is 1. The molecule has 0 saturated carbocycles. The number of carbonyl (C=O) groups is 1. The van der Waals surface area contributed by atoms with Crippen LogP contribution in [-0.2, 0) is 17.4 Å². The third kappa shape index (κ3) is 4.22. The highest BCUT2D eigenvalue weighted by molar-refractivity contribution is 6.47. The zero-order valence-electron chi connectivity index (χ0n) is 17.5. The number of nitrogens with zero attached hydrogens (tertiary/aromatic N) is 1. The average Bonchev–Trinajstić information content (AvgIpc) is 2.76. The number of ketones is 1.